The molecular weight excluding hydrogens is 332 g/mol. The average Bonchev–Trinajstić information content (AvgIpc) is 3.35. The minimum absolute atomic E-state index is 0.0556. The number of methoxy groups -OCH3 is 1. The second-order valence-corrected chi connectivity index (χ2v) is 4.68. The summed E-state index contributed by atoms with van der Waals surface area (Å²) in [6, 6.07) is 0. The number of rotatable bonds is 9. The lowest BCUT2D eigenvalue weighted by molar-refractivity contribution is -0.142. The number of carboxylic acid groups (broad SMARTS) is 1. The first-order valence-corrected chi connectivity index (χ1v) is 7.69. The van der Waals surface area contributed by atoms with Gasteiger partial charge in [0.05, 0.1) is 32.8 Å². The van der Waals surface area contributed by atoms with Gasteiger partial charge >= 0.3 is 17.9 Å². The first-order valence-electron chi connectivity index (χ1n) is 7.69. The van der Waals surface area contributed by atoms with Crippen LogP contribution in [0.15, 0.2) is 24.8 Å². The number of hydrogen-bond donors (Lipinski definition) is 1. The lowest BCUT2D eigenvalue weighted by Crippen LogP contribution is -2.06. The summed E-state index contributed by atoms with van der Waals surface area (Å²) in [6.07, 6.45) is 2.22. The molecule has 0 radical (unpaired) electrons. The zero-order valence-corrected chi connectivity index (χ0v) is 15.1. The summed E-state index contributed by atoms with van der Waals surface area (Å²) in [7, 11) is 1.35. The maximum Gasteiger partial charge on any atom is 0.333 e. The van der Waals surface area contributed by atoms with Gasteiger partial charge in [-0.05, 0) is 6.92 Å². The summed E-state index contributed by atoms with van der Waals surface area (Å²) in [5.74, 6) is -1.42. The van der Waals surface area contributed by atoms with Crippen LogP contribution in [-0.2, 0) is 33.3 Å². The zero-order valence-electron chi connectivity index (χ0n) is 15.1. The molecule has 0 spiro atoms. The SMILES string of the molecule is C=C(CC1CO1)C(=O)OC.C=CCC(=O)O.CCOCCOC(C)=O. The average molecular weight is 360 g/mol. The zero-order chi connectivity index (χ0) is 19.7. The van der Waals surface area contributed by atoms with Crippen molar-refractivity contribution in [2.75, 3.05) is 33.5 Å². The van der Waals surface area contributed by atoms with Gasteiger partial charge in [0.2, 0.25) is 0 Å². The molecule has 0 amide bonds. The molecule has 0 aliphatic carbocycles. The molecule has 0 bridgehead atoms. The van der Waals surface area contributed by atoms with Crippen LogP contribution in [0, 0.1) is 0 Å². The Morgan fingerprint density at radius 1 is 1.32 bits per heavy atom. The minimum atomic E-state index is -0.829. The van der Waals surface area contributed by atoms with E-state index >= 15 is 0 Å². The van der Waals surface area contributed by atoms with Gasteiger partial charge in [0, 0.05) is 25.5 Å². The van der Waals surface area contributed by atoms with Crippen molar-refractivity contribution < 1.29 is 38.4 Å². The molecule has 1 N–H and O–H groups in total. The standard InChI is InChI=1S/C7H10O3.C6H12O3.C4H6O2/c1-5(7(8)9-2)3-6-4-10-6;1-3-8-4-5-9-6(2)7;1-2-3-4(5)6/h6H,1,3-4H2,2H3;3-5H2,1-2H3;2H,1,3H2,(H,5,6). The van der Waals surface area contributed by atoms with E-state index in [1.165, 1.54) is 20.1 Å². The Morgan fingerprint density at radius 3 is 2.24 bits per heavy atom. The van der Waals surface area contributed by atoms with Gasteiger partial charge in [-0.2, -0.15) is 0 Å². The summed E-state index contributed by atoms with van der Waals surface area (Å²) in [4.78, 5) is 30.4. The van der Waals surface area contributed by atoms with E-state index in [-0.39, 0.29) is 24.5 Å². The highest BCUT2D eigenvalue weighted by atomic mass is 16.6. The highest BCUT2D eigenvalue weighted by Gasteiger charge is 2.25. The molecule has 144 valence electrons. The molecule has 0 aromatic heterocycles. The Balaban J connectivity index is 0. The molecular formula is C17H28O8. The fourth-order valence-corrected chi connectivity index (χ4v) is 1.20. The van der Waals surface area contributed by atoms with Gasteiger partial charge in [0.25, 0.3) is 0 Å². The monoisotopic (exact) mass is 360 g/mol. The fraction of sp³-hybridized carbons (Fsp3) is 0.588. The summed E-state index contributed by atoms with van der Waals surface area (Å²) in [5.41, 5.74) is 0.491. The van der Waals surface area contributed by atoms with Crippen molar-refractivity contribution in [3.8, 4) is 0 Å². The van der Waals surface area contributed by atoms with E-state index < -0.39 is 5.97 Å². The molecule has 1 saturated heterocycles. The molecule has 8 heteroatoms. The van der Waals surface area contributed by atoms with Gasteiger partial charge in [0.15, 0.2) is 0 Å². The molecule has 25 heavy (non-hydrogen) atoms. The Bertz CT molecular complexity index is 426. The fourth-order valence-electron chi connectivity index (χ4n) is 1.20. The number of carboxylic acids is 1. The van der Waals surface area contributed by atoms with E-state index in [4.69, 9.17) is 14.6 Å². The highest BCUT2D eigenvalue weighted by molar-refractivity contribution is 5.87. The first-order chi connectivity index (χ1) is 11.8. The minimum Gasteiger partial charge on any atom is -0.481 e. The second-order valence-electron chi connectivity index (χ2n) is 4.68. The van der Waals surface area contributed by atoms with Gasteiger partial charge in [-0.25, -0.2) is 4.79 Å². The lowest BCUT2D eigenvalue weighted by atomic mass is 10.2. The topological polar surface area (TPSA) is 112 Å². The number of esters is 2. The Kier molecular flexibility index (Phi) is 16.7. The van der Waals surface area contributed by atoms with Gasteiger partial charge in [-0.1, -0.05) is 12.7 Å². The Labute approximate surface area is 148 Å². The normalized spacial score (nSPS) is 13.8. The third-order valence-electron chi connectivity index (χ3n) is 2.41. The first kappa shape index (κ1) is 25.1. The van der Waals surface area contributed by atoms with Crippen LogP contribution < -0.4 is 0 Å². The van der Waals surface area contributed by atoms with Gasteiger partial charge in [0.1, 0.15) is 6.61 Å². The predicted octanol–water partition coefficient (Wildman–Crippen LogP) is 1.74. The molecule has 1 aliphatic rings. The second kappa shape index (κ2) is 16.7. The van der Waals surface area contributed by atoms with Crippen LogP contribution in [0.1, 0.15) is 26.7 Å². The largest absolute Gasteiger partial charge is 0.481 e. The van der Waals surface area contributed by atoms with E-state index in [0.29, 0.717) is 31.8 Å². The highest BCUT2D eigenvalue weighted by Crippen LogP contribution is 2.18. The van der Waals surface area contributed by atoms with E-state index in [1.54, 1.807) is 0 Å². The molecule has 0 saturated carbocycles. The van der Waals surface area contributed by atoms with Crippen LogP contribution >= 0.6 is 0 Å². The van der Waals surface area contributed by atoms with Crippen LogP contribution in [0.25, 0.3) is 0 Å². The van der Waals surface area contributed by atoms with Gasteiger partial charge in [-0.3, -0.25) is 9.59 Å². The molecule has 1 rings (SSSR count). The summed E-state index contributed by atoms with van der Waals surface area (Å²) in [6.45, 7) is 12.3. The maximum atomic E-state index is 10.7. The molecule has 1 aliphatic heterocycles. The molecule has 1 fully saturated rings. The maximum absolute atomic E-state index is 10.7. The van der Waals surface area contributed by atoms with Crippen molar-refractivity contribution in [2.24, 2.45) is 0 Å². The number of hydrogen-bond acceptors (Lipinski definition) is 7. The number of carbonyl (C=O) groups is 3. The Morgan fingerprint density at radius 2 is 1.92 bits per heavy atom. The van der Waals surface area contributed by atoms with Crippen LogP contribution in [0.3, 0.4) is 0 Å². The van der Waals surface area contributed by atoms with Gasteiger partial charge < -0.3 is 24.1 Å². The number of epoxide rings is 1. The van der Waals surface area contributed by atoms with Crippen LogP contribution in [-0.4, -0.2) is 62.7 Å². The third-order valence-corrected chi connectivity index (χ3v) is 2.41. The number of carbonyl (C=O) groups excluding carboxylic acids is 2. The van der Waals surface area contributed by atoms with Crippen LogP contribution in [0.5, 0.6) is 0 Å². The third kappa shape index (κ3) is 21.8. The van der Waals surface area contributed by atoms with Crippen molar-refractivity contribution in [3.05, 3.63) is 24.8 Å². The Hall–Kier alpha value is -2.19. The molecule has 1 heterocycles. The van der Waals surface area contributed by atoms with E-state index in [9.17, 15) is 14.4 Å². The predicted molar refractivity (Wildman–Crippen MR) is 91.1 cm³/mol. The van der Waals surface area contributed by atoms with Crippen molar-refractivity contribution in [2.45, 2.75) is 32.8 Å². The quantitative estimate of drug-likeness (QED) is 0.218. The summed E-state index contributed by atoms with van der Waals surface area (Å²) >= 11 is 0. The summed E-state index contributed by atoms with van der Waals surface area (Å²) < 4.78 is 18.8. The lowest BCUT2D eigenvalue weighted by Gasteiger charge is -1.99. The van der Waals surface area contributed by atoms with Crippen molar-refractivity contribution in [1.29, 1.82) is 0 Å². The van der Waals surface area contributed by atoms with Crippen molar-refractivity contribution in [3.63, 3.8) is 0 Å². The van der Waals surface area contributed by atoms with Crippen LogP contribution in [0.2, 0.25) is 0 Å². The van der Waals surface area contributed by atoms with Crippen molar-refractivity contribution in [1.82, 2.24) is 0 Å². The molecule has 1 unspecified atom stereocenters. The van der Waals surface area contributed by atoms with E-state index in [0.717, 1.165) is 6.61 Å². The van der Waals surface area contributed by atoms with E-state index in [1.807, 2.05) is 6.92 Å². The van der Waals surface area contributed by atoms with Gasteiger partial charge in [-0.15, -0.1) is 6.58 Å². The van der Waals surface area contributed by atoms with Crippen molar-refractivity contribution >= 4 is 17.9 Å². The molecule has 0 aromatic rings. The molecule has 1 atom stereocenters. The molecule has 0 aromatic carbocycles. The summed E-state index contributed by atoms with van der Waals surface area (Å²) in [5, 5.41) is 7.84. The van der Waals surface area contributed by atoms with E-state index in [2.05, 4.69) is 22.6 Å². The number of ether oxygens (including phenoxy) is 4. The number of aliphatic carboxylic acids is 1. The molecule has 8 nitrogen and oxygen atoms in total. The van der Waals surface area contributed by atoms with Crippen LogP contribution in [0.4, 0.5) is 0 Å². The smallest absolute Gasteiger partial charge is 0.333 e.